The first-order chi connectivity index (χ1) is 7.58. The average molecular weight is 373 g/mol. The van der Waals surface area contributed by atoms with Crippen LogP contribution in [0.2, 0.25) is 0 Å². The molecule has 0 radical (unpaired) electrons. The van der Waals surface area contributed by atoms with Gasteiger partial charge in [0.15, 0.2) is 8.67 Å². The number of alkyl halides is 6. The molecule has 0 bridgehead atoms. The third-order valence-corrected chi connectivity index (χ3v) is 7.55. The Morgan fingerprint density at radius 1 is 1.06 bits per heavy atom. The van der Waals surface area contributed by atoms with Crippen LogP contribution in [-0.2, 0) is 0 Å². The molecule has 0 saturated heterocycles. The topological polar surface area (TPSA) is 0 Å². The Balaban J connectivity index is 2.73. The highest BCUT2D eigenvalue weighted by Gasteiger charge is 2.73. The second kappa shape index (κ2) is 4.12. The fourth-order valence-electron chi connectivity index (χ4n) is 1.93. The van der Waals surface area contributed by atoms with E-state index in [1.807, 2.05) is 0 Å². The van der Waals surface area contributed by atoms with E-state index in [0.717, 1.165) is 0 Å². The maximum atomic E-state index is 6.47. The van der Waals surface area contributed by atoms with Crippen LogP contribution in [0.5, 0.6) is 0 Å². The molecule has 0 aliphatic heterocycles. The molecule has 94 valence electrons. The molecule has 2 atom stereocenters. The number of rotatable bonds is 0. The van der Waals surface area contributed by atoms with Gasteiger partial charge in [0.25, 0.3) is 0 Å². The highest BCUT2D eigenvalue weighted by atomic mass is 35.5. The summed E-state index contributed by atoms with van der Waals surface area (Å²) in [5, 5.41) is -0.521. The van der Waals surface area contributed by atoms with E-state index in [1.54, 1.807) is 12.2 Å². The molecular weight excluding hydrogens is 368 g/mol. The zero-order valence-electron chi connectivity index (χ0n) is 8.08. The lowest BCUT2D eigenvalue weighted by Crippen LogP contribution is -2.52. The lowest BCUT2D eigenvalue weighted by molar-refractivity contribution is 0.621. The lowest BCUT2D eigenvalue weighted by Gasteiger charge is -2.39. The van der Waals surface area contributed by atoms with Crippen LogP contribution in [0.25, 0.3) is 0 Å². The van der Waals surface area contributed by atoms with Crippen molar-refractivity contribution in [2.75, 3.05) is 0 Å². The third-order valence-electron chi connectivity index (χ3n) is 2.95. The lowest BCUT2D eigenvalue weighted by atomic mass is 9.91. The summed E-state index contributed by atoms with van der Waals surface area (Å²) < 4.78 is -3.37. The van der Waals surface area contributed by atoms with Gasteiger partial charge in [-0.3, -0.25) is 0 Å². The normalized spacial score (nSPS) is 38.5. The first-order valence-corrected chi connectivity index (χ1v) is 7.15. The largest absolute Gasteiger partial charge is 0.179 e. The van der Waals surface area contributed by atoms with Gasteiger partial charge in [-0.05, 0) is 17.2 Å². The summed E-state index contributed by atoms with van der Waals surface area (Å²) in [6.07, 6.45) is 3.22. The zero-order chi connectivity index (χ0) is 13.2. The second-order valence-corrected chi connectivity index (χ2v) is 7.96. The maximum Gasteiger partial charge on any atom is 0.179 e. The van der Waals surface area contributed by atoms with Gasteiger partial charge < -0.3 is 0 Å². The van der Waals surface area contributed by atoms with Crippen molar-refractivity contribution in [2.45, 2.75) is 18.9 Å². The Kier molecular flexibility index (Phi) is 3.55. The quantitative estimate of drug-likeness (QED) is 0.488. The smallest absolute Gasteiger partial charge is 0.114 e. The number of halogens is 7. The minimum Gasteiger partial charge on any atom is -0.114 e. The molecule has 0 heterocycles. The van der Waals surface area contributed by atoms with E-state index >= 15 is 0 Å². The summed E-state index contributed by atoms with van der Waals surface area (Å²) in [7, 11) is 0. The van der Waals surface area contributed by atoms with Crippen LogP contribution in [0.3, 0.4) is 0 Å². The van der Waals surface area contributed by atoms with Crippen molar-refractivity contribution in [3.63, 3.8) is 0 Å². The van der Waals surface area contributed by atoms with Gasteiger partial charge in [-0.1, -0.05) is 70.7 Å². The Hall–Kier alpha value is 1.25. The first-order valence-electron chi connectivity index (χ1n) is 4.44. The highest BCUT2D eigenvalue weighted by Crippen LogP contribution is 2.69. The van der Waals surface area contributed by atoms with E-state index in [4.69, 9.17) is 81.2 Å². The average Bonchev–Trinajstić information content (AvgIpc) is 2.33. The monoisotopic (exact) mass is 370 g/mol. The van der Waals surface area contributed by atoms with E-state index in [9.17, 15) is 0 Å². The van der Waals surface area contributed by atoms with Gasteiger partial charge in [0.2, 0.25) is 0 Å². The Bertz CT molecular complexity index is 459. The Morgan fingerprint density at radius 2 is 1.59 bits per heavy atom. The predicted octanol–water partition coefficient (Wildman–Crippen LogP) is 5.55. The molecular formula is C10H5Cl7. The minimum atomic E-state index is -1.74. The van der Waals surface area contributed by atoms with Gasteiger partial charge in [0.1, 0.15) is 4.87 Å². The van der Waals surface area contributed by atoms with Crippen LogP contribution < -0.4 is 0 Å². The van der Waals surface area contributed by atoms with E-state index in [-0.39, 0.29) is 0 Å². The van der Waals surface area contributed by atoms with Crippen LogP contribution in [0, 0.1) is 0 Å². The molecule has 0 N–H and O–H groups in total. The molecule has 0 aromatic heterocycles. The van der Waals surface area contributed by atoms with Gasteiger partial charge in [-0.25, -0.2) is 0 Å². The summed E-state index contributed by atoms with van der Waals surface area (Å²) in [5.74, 6) is 0. The molecule has 1 saturated carbocycles. The van der Waals surface area contributed by atoms with Gasteiger partial charge in [-0.15, -0.1) is 23.2 Å². The van der Waals surface area contributed by atoms with Crippen molar-refractivity contribution >= 4 is 81.2 Å². The molecule has 1 fully saturated rings. The number of hydrogen-bond donors (Lipinski definition) is 0. The highest BCUT2D eigenvalue weighted by molar-refractivity contribution is 6.69. The fourth-order valence-corrected chi connectivity index (χ4v) is 4.36. The van der Waals surface area contributed by atoms with Crippen LogP contribution >= 0.6 is 81.2 Å². The molecule has 0 spiro atoms. The Morgan fingerprint density at radius 3 is 2.12 bits per heavy atom. The van der Waals surface area contributed by atoms with Gasteiger partial charge in [0, 0.05) is 5.03 Å². The maximum absolute atomic E-state index is 6.47. The molecule has 2 aliphatic carbocycles. The van der Waals surface area contributed by atoms with Crippen molar-refractivity contribution in [3.05, 3.63) is 34.9 Å². The summed E-state index contributed by atoms with van der Waals surface area (Å²) in [6, 6.07) is 0. The van der Waals surface area contributed by atoms with E-state index in [0.29, 0.717) is 16.2 Å². The van der Waals surface area contributed by atoms with E-state index < -0.39 is 18.9 Å². The molecule has 2 rings (SSSR count). The number of fused-ring (bicyclic) bond motifs is 1. The van der Waals surface area contributed by atoms with Crippen molar-refractivity contribution in [1.82, 2.24) is 0 Å². The summed E-state index contributed by atoms with van der Waals surface area (Å²) in [6.45, 7) is 3.78. The van der Waals surface area contributed by atoms with Crippen LogP contribution in [0.1, 0.15) is 0 Å². The van der Waals surface area contributed by atoms with E-state index in [1.165, 1.54) is 0 Å². The van der Waals surface area contributed by atoms with Gasteiger partial charge in [-0.2, -0.15) is 0 Å². The van der Waals surface area contributed by atoms with Crippen LogP contribution in [0.15, 0.2) is 34.9 Å². The van der Waals surface area contributed by atoms with Crippen LogP contribution in [-0.4, -0.2) is 18.9 Å². The van der Waals surface area contributed by atoms with E-state index in [2.05, 4.69) is 6.58 Å². The molecule has 0 nitrogen and oxygen atoms in total. The molecule has 17 heavy (non-hydrogen) atoms. The fraction of sp³-hybridized carbons (Fsp3) is 0.400. The number of hydrogen-bond acceptors (Lipinski definition) is 0. The Labute approximate surface area is 134 Å². The van der Waals surface area contributed by atoms with Crippen molar-refractivity contribution < 1.29 is 0 Å². The molecule has 0 aromatic rings. The second-order valence-electron chi connectivity index (χ2n) is 3.83. The minimum absolute atomic E-state index is 0.315. The van der Waals surface area contributed by atoms with Crippen molar-refractivity contribution in [2.24, 2.45) is 0 Å². The number of allylic oxidation sites excluding steroid dienone is 5. The SMILES string of the molecule is C=C1C2=CC=C(Cl)C(Cl)C2(Cl)C(Cl)(Cl)C1(Cl)Cl. The molecule has 2 unspecified atom stereocenters. The molecule has 0 amide bonds. The molecule has 7 heteroatoms. The zero-order valence-corrected chi connectivity index (χ0v) is 13.4. The summed E-state index contributed by atoms with van der Waals surface area (Å²) in [4.78, 5) is -1.41. The van der Waals surface area contributed by atoms with Gasteiger partial charge in [0.05, 0.1) is 5.38 Å². The summed E-state index contributed by atoms with van der Waals surface area (Å²) in [5.41, 5.74) is 0.825. The van der Waals surface area contributed by atoms with Crippen LogP contribution in [0.4, 0.5) is 0 Å². The standard InChI is InChI=1S/C10H5Cl7/c1-4-5-2-3-6(11)7(12)8(5,13)10(16,17)9(4,14)15/h2-3,7H,1H2. The molecule has 0 aromatic carbocycles. The third kappa shape index (κ3) is 1.59. The van der Waals surface area contributed by atoms with Gasteiger partial charge >= 0.3 is 0 Å². The van der Waals surface area contributed by atoms with Crippen molar-refractivity contribution in [1.29, 1.82) is 0 Å². The summed E-state index contributed by atoms with van der Waals surface area (Å²) >= 11 is 43.3. The predicted molar refractivity (Wildman–Crippen MR) is 78.3 cm³/mol. The first kappa shape index (κ1) is 14.7. The molecule has 2 aliphatic rings. The van der Waals surface area contributed by atoms with Crippen molar-refractivity contribution in [3.8, 4) is 0 Å².